The lowest BCUT2D eigenvalue weighted by Gasteiger charge is -2.30. The molecule has 0 spiro atoms. The second-order valence-electron chi connectivity index (χ2n) is 10.1. The number of ether oxygens (including phenoxy) is 1. The van der Waals surface area contributed by atoms with E-state index in [9.17, 15) is 14.4 Å². The van der Waals surface area contributed by atoms with Gasteiger partial charge >= 0.3 is 0 Å². The summed E-state index contributed by atoms with van der Waals surface area (Å²) in [7, 11) is 1.56. The Hall–Kier alpha value is -4.91. The SMILES string of the molecule is COc1ccc(C(=O)Nc2ccccc2C(=O)N[C@@H](C(=O)N(Cc2ccccc2)Cc2ccccc2)C(C)C)cc1. The monoisotopic (exact) mass is 549 g/mol. The molecule has 41 heavy (non-hydrogen) atoms. The molecule has 210 valence electrons. The first-order chi connectivity index (χ1) is 19.9. The lowest BCUT2D eigenvalue weighted by Crippen LogP contribution is -2.51. The first kappa shape index (κ1) is 29.1. The van der Waals surface area contributed by atoms with Crippen molar-refractivity contribution in [1.29, 1.82) is 0 Å². The molecule has 7 nitrogen and oxygen atoms in total. The van der Waals surface area contributed by atoms with Crippen LogP contribution in [0.25, 0.3) is 0 Å². The van der Waals surface area contributed by atoms with E-state index in [1.54, 1.807) is 60.5 Å². The number of benzene rings is 4. The first-order valence-electron chi connectivity index (χ1n) is 13.6. The predicted molar refractivity (Wildman–Crippen MR) is 161 cm³/mol. The van der Waals surface area contributed by atoms with E-state index < -0.39 is 11.9 Å². The zero-order valence-electron chi connectivity index (χ0n) is 23.5. The molecule has 1 atom stereocenters. The molecule has 4 aromatic carbocycles. The highest BCUT2D eigenvalue weighted by molar-refractivity contribution is 6.09. The number of anilines is 1. The fourth-order valence-corrected chi connectivity index (χ4v) is 4.48. The summed E-state index contributed by atoms with van der Waals surface area (Å²) in [4.78, 5) is 42.3. The Bertz CT molecular complexity index is 1410. The molecule has 0 radical (unpaired) electrons. The zero-order chi connectivity index (χ0) is 29.2. The average molecular weight is 550 g/mol. The van der Waals surface area contributed by atoms with E-state index in [2.05, 4.69) is 10.6 Å². The summed E-state index contributed by atoms with van der Waals surface area (Å²) < 4.78 is 5.16. The normalized spacial score (nSPS) is 11.4. The molecule has 0 heterocycles. The number of para-hydroxylation sites is 1. The molecule has 0 aliphatic heterocycles. The molecule has 0 aliphatic carbocycles. The van der Waals surface area contributed by atoms with Crippen LogP contribution in [0.15, 0.2) is 109 Å². The number of amides is 3. The van der Waals surface area contributed by atoms with Gasteiger partial charge in [-0.05, 0) is 53.4 Å². The highest BCUT2D eigenvalue weighted by Gasteiger charge is 2.30. The molecule has 0 saturated heterocycles. The van der Waals surface area contributed by atoms with Gasteiger partial charge in [0.1, 0.15) is 11.8 Å². The topological polar surface area (TPSA) is 87.7 Å². The number of hydrogen-bond acceptors (Lipinski definition) is 4. The van der Waals surface area contributed by atoms with Gasteiger partial charge in [0.05, 0.1) is 18.4 Å². The maximum Gasteiger partial charge on any atom is 0.255 e. The van der Waals surface area contributed by atoms with E-state index in [1.165, 1.54) is 0 Å². The summed E-state index contributed by atoms with van der Waals surface area (Å²) in [5, 5.41) is 5.78. The Morgan fingerprint density at radius 2 is 1.24 bits per heavy atom. The van der Waals surface area contributed by atoms with Crippen molar-refractivity contribution >= 4 is 23.4 Å². The standard InChI is InChI=1S/C34H35N3O4/c1-24(2)31(34(40)37(22-25-12-6-4-7-13-25)23-26-14-8-5-9-15-26)36-33(39)29-16-10-11-17-30(29)35-32(38)27-18-20-28(41-3)21-19-27/h4-21,24,31H,22-23H2,1-3H3,(H,35,38)(H,36,39)/t31-/m1/s1. The van der Waals surface area contributed by atoms with Crippen LogP contribution in [0, 0.1) is 5.92 Å². The molecule has 2 N–H and O–H groups in total. The fourth-order valence-electron chi connectivity index (χ4n) is 4.48. The van der Waals surface area contributed by atoms with E-state index in [4.69, 9.17) is 4.74 Å². The fraction of sp³-hybridized carbons (Fsp3) is 0.206. The Morgan fingerprint density at radius 1 is 0.707 bits per heavy atom. The van der Waals surface area contributed by atoms with Gasteiger partial charge in [0.15, 0.2) is 0 Å². The van der Waals surface area contributed by atoms with Gasteiger partial charge in [-0.25, -0.2) is 0 Å². The van der Waals surface area contributed by atoms with Crippen LogP contribution in [-0.2, 0) is 17.9 Å². The quantitative estimate of drug-likeness (QED) is 0.243. The van der Waals surface area contributed by atoms with Crippen molar-refractivity contribution in [2.75, 3.05) is 12.4 Å². The smallest absolute Gasteiger partial charge is 0.255 e. The van der Waals surface area contributed by atoms with E-state index in [0.717, 1.165) is 11.1 Å². The van der Waals surface area contributed by atoms with Crippen molar-refractivity contribution in [2.24, 2.45) is 5.92 Å². The number of carbonyl (C=O) groups excluding carboxylic acids is 3. The summed E-state index contributed by atoms with van der Waals surface area (Å²) in [5.74, 6) is -0.523. The Balaban J connectivity index is 1.54. The number of carbonyl (C=O) groups is 3. The Morgan fingerprint density at radius 3 is 1.78 bits per heavy atom. The molecule has 0 aliphatic rings. The number of nitrogens with zero attached hydrogens (tertiary/aromatic N) is 1. The average Bonchev–Trinajstić information content (AvgIpc) is 3.00. The van der Waals surface area contributed by atoms with Crippen LogP contribution in [-0.4, -0.2) is 35.8 Å². The summed E-state index contributed by atoms with van der Waals surface area (Å²) in [6.45, 7) is 4.62. The first-order valence-corrected chi connectivity index (χ1v) is 13.6. The number of methoxy groups -OCH3 is 1. The molecule has 7 heteroatoms. The molecule has 4 rings (SSSR count). The lowest BCUT2D eigenvalue weighted by molar-refractivity contribution is -0.135. The zero-order valence-corrected chi connectivity index (χ0v) is 23.5. The molecule has 0 aromatic heterocycles. The highest BCUT2D eigenvalue weighted by Crippen LogP contribution is 2.20. The summed E-state index contributed by atoms with van der Waals surface area (Å²) in [5.41, 5.74) is 3.04. The third-order valence-corrected chi connectivity index (χ3v) is 6.74. The minimum atomic E-state index is -0.778. The van der Waals surface area contributed by atoms with Crippen LogP contribution < -0.4 is 15.4 Å². The Kier molecular flexibility index (Phi) is 9.89. The largest absolute Gasteiger partial charge is 0.497 e. The highest BCUT2D eigenvalue weighted by atomic mass is 16.5. The van der Waals surface area contributed by atoms with Gasteiger partial charge in [0.25, 0.3) is 11.8 Å². The Labute approximate surface area is 241 Å². The minimum absolute atomic E-state index is 0.179. The van der Waals surface area contributed by atoms with Crippen LogP contribution >= 0.6 is 0 Å². The molecule has 0 bridgehead atoms. The van der Waals surface area contributed by atoms with Crippen molar-refractivity contribution in [3.8, 4) is 5.75 Å². The predicted octanol–water partition coefficient (Wildman–Crippen LogP) is 5.93. The van der Waals surface area contributed by atoms with E-state index in [-0.39, 0.29) is 23.3 Å². The maximum atomic E-state index is 14.0. The summed E-state index contributed by atoms with van der Waals surface area (Å²) >= 11 is 0. The van der Waals surface area contributed by atoms with Crippen molar-refractivity contribution < 1.29 is 19.1 Å². The second-order valence-corrected chi connectivity index (χ2v) is 10.1. The molecule has 4 aromatic rings. The van der Waals surface area contributed by atoms with Crippen molar-refractivity contribution in [2.45, 2.75) is 33.0 Å². The van der Waals surface area contributed by atoms with E-state index in [0.29, 0.717) is 30.1 Å². The van der Waals surface area contributed by atoms with Gasteiger partial charge in [-0.2, -0.15) is 0 Å². The molecular formula is C34H35N3O4. The molecular weight excluding hydrogens is 514 g/mol. The van der Waals surface area contributed by atoms with Gasteiger partial charge in [-0.3, -0.25) is 14.4 Å². The van der Waals surface area contributed by atoms with Crippen LogP contribution in [0.5, 0.6) is 5.75 Å². The van der Waals surface area contributed by atoms with Gasteiger partial charge < -0.3 is 20.3 Å². The minimum Gasteiger partial charge on any atom is -0.497 e. The van der Waals surface area contributed by atoms with Gasteiger partial charge in [0.2, 0.25) is 5.91 Å². The molecule has 0 fully saturated rings. The number of hydrogen-bond donors (Lipinski definition) is 2. The molecule has 3 amide bonds. The van der Waals surface area contributed by atoms with Crippen molar-refractivity contribution in [3.05, 3.63) is 131 Å². The molecule has 0 saturated carbocycles. The lowest BCUT2D eigenvalue weighted by atomic mass is 10.0. The van der Waals surface area contributed by atoms with Crippen LogP contribution in [0.3, 0.4) is 0 Å². The van der Waals surface area contributed by atoms with E-state index in [1.807, 2.05) is 74.5 Å². The van der Waals surface area contributed by atoms with Crippen molar-refractivity contribution in [1.82, 2.24) is 10.2 Å². The third kappa shape index (κ3) is 7.82. The van der Waals surface area contributed by atoms with E-state index >= 15 is 0 Å². The summed E-state index contributed by atoms with van der Waals surface area (Å²) in [6, 6.07) is 32.3. The third-order valence-electron chi connectivity index (χ3n) is 6.74. The number of nitrogens with one attached hydrogen (secondary N) is 2. The van der Waals surface area contributed by atoms with Crippen LogP contribution in [0.2, 0.25) is 0 Å². The van der Waals surface area contributed by atoms with Crippen LogP contribution in [0.4, 0.5) is 5.69 Å². The second kappa shape index (κ2) is 13.9. The van der Waals surface area contributed by atoms with Gasteiger partial charge in [-0.15, -0.1) is 0 Å². The van der Waals surface area contributed by atoms with Gasteiger partial charge in [0, 0.05) is 18.7 Å². The van der Waals surface area contributed by atoms with Crippen molar-refractivity contribution in [3.63, 3.8) is 0 Å². The van der Waals surface area contributed by atoms with Crippen LogP contribution in [0.1, 0.15) is 45.7 Å². The maximum absolute atomic E-state index is 14.0. The summed E-state index contributed by atoms with van der Waals surface area (Å²) in [6.07, 6.45) is 0. The van der Waals surface area contributed by atoms with Gasteiger partial charge in [-0.1, -0.05) is 86.6 Å². The molecule has 0 unspecified atom stereocenters. The number of rotatable bonds is 11.